The van der Waals surface area contributed by atoms with Crippen LogP contribution in [0, 0.1) is 0 Å². The van der Waals surface area contributed by atoms with Crippen molar-refractivity contribution in [3.8, 4) is 5.75 Å². The number of hydrogen-bond acceptors (Lipinski definition) is 4. The van der Waals surface area contributed by atoms with Crippen LogP contribution in [0.2, 0.25) is 0 Å². The number of hydrogen-bond donors (Lipinski definition) is 3. The lowest BCUT2D eigenvalue weighted by molar-refractivity contribution is -0.175. The summed E-state index contributed by atoms with van der Waals surface area (Å²) in [4.78, 5) is 0. The van der Waals surface area contributed by atoms with Gasteiger partial charge >= 0.3 is 0 Å². The number of benzene rings is 1. The molecule has 0 saturated heterocycles. The molecule has 1 aromatic rings. The van der Waals surface area contributed by atoms with Gasteiger partial charge in [-0.3, -0.25) is 0 Å². The normalized spacial score (nSPS) is 15.6. The van der Waals surface area contributed by atoms with E-state index in [2.05, 4.69) is 0 Å². The topological polar surface area (TPSA) is 75.7 Å². The molecule has 0 saturated carbocycles. The Morgan fingerprint density at radius 2 is 1.76 bits per heavy atom. The van der Waals surface area contributed by atoms with Crippen molar-refractivity contribution in [3.05, 3.63) is 29.8 Å². The molecule has 96 valence electrons. The number of aliphatic hydroxyl groups is 1. The zero-order valence-corrected chi connectivity index (χ0v) is 10.6. The van der Waals surface area contributed by atoms with E-state index in [1.54, 1.807) is 24.3 Å². The van der Waals surface area contributed by atoms with Crippen LogP contribution in [0.25, 0.3) is 0 Å². The molecule has 4 heteroatoms. The van der Waals surface area contributed by atoms with Crippen LogP contribution in [-0.4, -0.2) is 28.1 Å². The molecule has 4 nitrogen and oxygen atoms in total. The van der Waals surface area contributed by atoms with Gasteiger partial charge in [-0.1, -0.05) is 12.1 Å². The average molecular weight is 239 g/mol. The third-order valence-electron chi connectivity index (χ3n) is 2.25. The van der Waals surface area contributed by atoms with Crippen LogP contribution in [0.1, 0.15) is 26.3 Å². The van der Waals surface area contributed by atoms with E-state index in [-0.39, 0.29) is 5.75 Å². The number of phenols is 1. The van der Waals surface area contributed by atoms with Crippen molar-refractivity contribution in [1.82, 2.24) is 0 Å². The van der Waals surface area contributed by atoms with Crippen molar-refractivity contribution in [3.63, 3.8) is 0 Å². The summed E-state index contributed by atoms with van der Waals surface area (Å²) in [6.07, 6.45) is -0.499. The minimum atomic E-state index is -0.996. The molecular weight excluding hydrogens is 218 g/mol. The van der Waals surface area contributed by atoms with Crippen molar-refractivity contribution >= 4 is 0 Å². The minimum absolute atomic E-state index is 0.216. The lowest BCUT2D eigenvalue weighted by Gasteiger charge is -2.27. The summed E-state index contributed by atoms with van der Waals surface area (Å²) in [5.41, 5.74) is 6.38. The third-order valence-corrected chi connectivity index (χ3v) is 2.25. The van der Waals surface area contributed by atoms with E-state index >= 15 is 0 Å². The van der Waals surface area contributed by atoms with E-state index in [0.29, 0.717) is 6.42 Å². The first-order valence-corrected chi connectivity index (χ1v) is 5.67. The highest BCUT2D eigenvalue weighted by molar-refractivity contribution is 5.26. The van der Waals surface area contributed by atoms with Crippen molar-refractivity contribution in [2.24, 2.45) is 5.73 Å². The van der Waals surface area contributed by atoms with Gasteiger partial charge in [0, 0.05) is 0 Å². The van der Waals surface area contributed by atoms with Crippen LogP contribution in [0.15, 0.2) is 24.3 Å². The highest BCUT2D eigenvalue weighted by Gasteiger charge is 2.22. The van der Waals surface area contributed by atoms with Gasteiger partial charge in [-0.25, -0.2) is 0 Å². The Morgan fingerprint density at radius 3 is 2.24 bits per heavy atom. The molecular formula is C13H21NO3. The molecule has 17 heavy (non-hydrogen) atoms. The fraction of sp³-hybridized carbons (Fsp3) is 0.538. The predicted molar refractivity (Wildman–Crippen MR) is 66.6 cm³/mol. The Bertz CT molecular complexity index is 343. The summed E-state index contributed by atoms with van der Waals surface area (Å²) in [7, 11) is 0. The molecule has 0 aromatic heterocycles. The molecule has 1 unspecified atom stereocenters. The molecule has 1 aromatic carbocycles. The molecule has 0 bridgehead atoms. The molecule has 0 amide bonds. The Morgan fingerprint density at radius 1 is 1.24 bits per heavy atom. The van der Waals surface area contributed by atoms with Gasteiger partial charge in [0.05, 0.1) is 11.6 Å². The van der Waals surface area contributed by atoms with Gasteiger partial charge in [0.1, 0.15) is 5.75 Å². The Labute approximate surface area is 102 Å². The molecule has 0 aliphatic rings. The quantitative estimate of drug-likeness (QED) is 0.694. The smallest absolute Gasteiger partial charge is 0.170 e. The second-order valence-electron chi connectivity index (χ2n) is 5.16. The maximum Gasteiger partial charge on any atom is 0.170 e. The summed E-state index contributed by atoms with van der Waals surface area (Å²) in [6.45, 7) is 5.59. The van der Waals surface area contributed by atoms with Crippen molar-refractivity contribution < 1.29 is 14.9 Å². The molecule has 0 aliphatic carbocycles. The SMILES string of the molecule is CC(C)(C)OC(O)[C@@H](N)Cc1ccc(O)cc1. The van der Waals surface area contributed by atoms with Gasteiger partial charge in [-0.05, 0) is 44.9 Å². The Kier molecular flexibility index (Phi) is 4.51. The first kappa shape index (κ1) is 14.0. The van der Waals surface area contributed by atoms with E-state index in [0.717, 1.165) is 5.56 Å². The largest absolute Gasteiger partial charge is 0.508 e. The lowest BCUT2D eigenvalue weighted by Crippen LogP contribution is -2.42. The second kappa shape index (κ2) is 5.49. The van der Waals surface area contributed by atoms with Crippen LogP contribution in [-0.2, 0) is 11.2 Å². The molecule has 0 spiro atoms. The first-order valence-electron chi connectivity index (χ1n) is 5.67. The third kappa shape index (κ3) is 5.17. The van der Waals surface area contributed by atoms with Crippen LogP contribution in [0.5, 0.6) is 5.75 Å². The standard InChI is InChI=1S/C13H21NO3/c1-13(2,3)17-12(16)11(14)8-9-4-6-10(15)7-5-9/h4-7,11-12,15-16H,8,14H2,1-3H3/t11-,12?/m0/s1. The lowest BCUT2D eigenvalue weighted by atomic mass is 10.1. The van der Waals surface area contributed by atoms with E-state index in [4.69, 9.17) is 15.6 Å². The summed E-state index contributed by atoms with van der Waals surface area (Å²) < 4.78 is 5.38. The summed E-state index contributed by atoms with van der Waals surface area (Å²) >= 11 is 0. The van der Waals surface area contributed by atoms with Crippen molar-refractivity contribution in [2.75, 3.05) is 0 Å². The summed E-state index contributed by atoms with van der Waals surface area (Å²) in [5.74, 6) is 0.216. The number of ether oxygens (including phenoxy) is 1. The van der Waals surface area contributed by atoms with Crippen LogP contribution in [0.4, 0.5) is 0 Å². The van der Waals surface area contributed by atoms with E-state index in [9.17, 15) is 5.11 Å². The average Bonchev–Trinajstić information content (AvgIpc) is 2.19. The van der Waals surface area contributed by atoms with Gasteiger partial charge in [0.2, 0.25) is 0 Å². The monoisotopic (exact) mass is 239 g/mol. The second-order valence-corrected chi connectivity index (χ2v) is 5.16. The summed E-state index contributed by atoms with van der Waals surface area (Å²) in [6, 6.07) is 6.26. The van der Waals surface area contributed by atoms with E-state index in [1.165, 1.54) is 0 Å². The molecule has 2 atom stereocenters. The van der Waals surface area contributed by atoms with Crippen LogP contribution >= 0.6 is 0 Å². The zero-order valence-electron chi connectivity index (χ0n) is 10.6. The maximum absolute atomic E-state index is 9.77. The molecule has 1 rings (SSSR count). The molecule has 0 radical (unpaired) electrons. The van der Waals surface area contributed by atoms with Crippen LogP contribution < -0.4 is 5.73 Å². The Hall–Kier alpha value is -1.10. The number of rotatable bonds is 4. The van der Waals surface area contributed by atoms with Gasteiger partial charge in [-0.2, -0.15) is 0 Å². The molecule has 0 aliphatic heterocycles. The van der Waals surface area contributed by atoms with Gasteiger partial charge in [-0.15, -0.1) is 0 Å². The number of phenolic OH excluding ortho intramolecular Hbond substituents is 1. The number of aromatic hydroxyl groups is 1. The van der Waals surface area contributed by atoms with Gasteiger partial charge in [0.15, 0.2) is 6.29 Å². The highest BCUT2D eigenvalue weighted by Crippen LogP contribution is 2.15. The predicted octanol–water partition coefficient (Wildman–Crippen LogP) is 1.40. The van der Waals surface area contributed by atoms with Crippen molar-refractivity contribution in [2.45, 2.75) is 45.1 Å². The fourth-order valence-electron chi connectivity index (χ4n) is 1.45. The molecule has 0 fully saturated rings. The van der Waals surface area contributed by atoms with Gasteiger partial charge in [0.25, 0.3) is 0 Å². The first-order chi connectivity index (χ1) is 7.78. The zero-order chi connectivity index (χ0) is 13.1. The fourth-order valence-corrected chi connectivity index (χ4v) is 1.45. The minimum Gasteiger partial charge on any atom is -0.508 e. The highest BCUT2D eigenvalue weighted by atomic mass is 16.6. The maximum atomic E-state index is 9.77. The van der Waals surface area contributed by atoms with E-state index in [1.807, 2.05) is 20.8 Å². The molecule has 4 N–H and O–H groups in total. The Balaban J connectivity index is 2.54. The van der Waals surface area contributed by atoms with Crippen LogP contribution in [0.3, 0.4) is 0 Å². The number of aliphatic hydroxyl groups excluding tert-OH is 1. The van der Waals surface area contributed by atoms with Crippen molar-refractivity contribution in [1.29, 1.82) is 0 Å². The number of nitrogens with two attached hydrogens (primary N) is 1. The molecule has 0 heterocycles. The van der Waals surface area contributed by atoms with Gasteiger partial charge < -0.3 is 20.7 Å². The van der Waals surface area contributed by atoms with E-state index < -0.39 is 17.9 Å². The summed E-state index contributed by atoms with van der Waals surface area (Å²) in [5, 5.41) is 18.9.